The number of thioether (sulfide) groups is 1. The highest BCUT2D eigenvalue weighted by molar-refractivity contribution is 7.99. The van der Waals surface area contributed by atoms with E-state index in [1.807, 2.05) is 6.92 Å². The molecule has 0 fully saturated rings. The van der Waals surface area contributed by atoms with Gasteiger partial charge in [0.2, 0.25) is 0 Å². The maximum absolute atomic E-state index is 5.28. The predicted molar refractivity (Wildman–Crippen MR) is 71.1 cm³/mol. The van der Waals surface area contributed by atoms with Crippen molar-refractivity contribution < 1.29 is 0 Å². The van der Waals surface area contributed by atoms with E-state index in [1.165, 1.54) is 4.88 Å². The highest BCUT2D eigenvalue weighted by Crippen LogP contribution is 2.31. The molecule has 0 aliphatic rings. The monoisotopic (exact) mass is 248 g/mol. The van der Waals surface area contributed by atoms with Crippen LogP contribution < -0.4 is 0 Å². The molecule has 2 aromatic heterocycles. The number of aryl methyl sites for hydroxylation is 2. The Kier molecular flexibility index (Phi) is 3.47. The number of thiophene rings is 1. The summed E-state index contributed by atoms with van der Waals surface area (Å²) in [6.07, 6.45) is 6.32. The molecule has 0 N–H and O–H groups in total. The fourth-order valence-electron chi connectivity index (χ4n) is 1.44. The second-order valence-electron chi connectivity index (χ2n) is 3.35. The minimum Gasteiger partial charge on any atom is -0.226 e. The van der Waals surface area contributed by atoms with E-state index in [0.29, 0.717) is 5.75 Å². The van der Waals surface area contributed by atoms with E-state index < -0.39 is 0 Å². The number of rotatable bonds is 3. The molecule has 16 heavy (non-hydrogen) atoms. The van der Waals surface area contributed by atoms with Gasteiger partial charge in [0.1, 0.15) is 15.7 Å². The summed E-state index contributed by atoms with van der Waals surface area (Å²) in [5, 5.41) is 2.16. The molecule has 2 rings (SSSR count). The van der Waals surface area contributed by atoms with E-state index in [1.54, 1.807) is 23.1 Å². The third kappa shape index (κ3) is 2.21. The van der Waals surface area contributed by atoms with E-state index >= 15 is 0 Å². The minimum atomic E-state index is 0.656. The summed E-state index contributed by atoms with van der Waals surface area (Å²) < 4.78 is 0. The smallest absolute Gasteiger partial charge is 0.128 e. The van der Waals surface area contributed by atoms with Crippen LogP contribution >= 0.6 is 23.1 Å². The molecule has 2 nitrogen and oxygen atoms in total. The molecule has 4 heteroatoms. The Bertz CT molecular complexity index is 552. The lowest BCUT2D eigenvalue weighted by Crippen LogP contribution is -1.90. The Morgan fingerprint density at radius 3 is 3.00 bits per heavy atom. The van der Waals surface area contributed by atoms with Gasteiger partial charge < -0.3 is 0 Å². The molecule has 0 aliphatic heterocycles. The summed E-state index contributed by atoms with van der Waals surface area (Å²) in [5.74, 6) is 4.10. The summed E-state index contributed by atoms with van der Waals surface area (Å²) in [4.78, 5) is 11.3. The van der Waals surface area contributed by atoms with Gasteiger partial charge in [-0.3, -0.25) is 0 Å². The zero-order chi connectivity index (χ0) is 11.5. The van der Waals surface area contributed by atoms with Gasteiger partial charge >= 0.3 is 0 Å². The van der Waals surface area contributed by atoms with Gasteiger partial charge in [0.15, 0.2) is 0 Å². The summed E-state index contributed by atoms with van der Waals surface area (Å²) in [6, 6.07) is 2.18. The van der Waals surface area contributed by atoms with Crippen molar-refractivity contribution in [3.05, 3.63) is 16.8 Å². The summed E-state index contributed by atoms with van der Waals surface area (Å²) in [7, 11) is 0. The van der Waals surface area contributed by atoms with Crippen molar-refractivity contribution in [1.29, 1.82) is 0 Å². The van der Waals surface area contributed by atoms with Crippen LogP contribution in [0.5, 0.6) is 0 Å². The average molecular weight is 248 g/mol. The number of aromatic nitrogens is 2. The molecular formula is C12H12N2S2. The van der Waals surface area contributed by atoms with Crippen LogP contribution in [-0.4, -0.2) is 15.7 Å². The lowest BCUT2D eigenvalue weighted by Gasteiger charge is -2.00. The van der Waals surface area contributed by atoms with Crippen LogP contribution in [0.25, 0.3) is 10.2 Å². The normalized spacial score (nSPS) is 10.6. The molecule has 0 spiro atoms. The molecule has 2 heterocycles. The minimum absolute atomic E-state index is 0.656. The van der Waals surface area contributed by atoms with Gasteiger partial charge in [0.25, 0.3) is 0 Å². The third-order valence-corrected chi connectivity index (χ3v) is 4.23. The molecule has 0 saturated heterocycles. The maximum atomic E-state index is 5.28. The van der Waals surface area contributed by atoms with Gasteiger partial charge in [0.05, 0.1) is 5.75 Å². The zero-order valence-electron chi connectivity index (χ0n) is 9.28. The molecule has 82 valence electrons. The summed E-state index contributed by atoms with van der Waals surface area (Å²) in [5.41, 5.74) is 0. The van der Waals surface area contributed by atoms with Crippen molar-refractivity contribution in [2.24, 2.45) is 0 Å². The fourth-order valence-corrected chi connectivity index (χ4v) is 3.25. The third-order valence-electron chi connectivity index (χ3n) is 2.16. The van der Waals surface area contributed by atoms with E-state index in [9.17, 15) is 0 Å². The SMILES string of the molecule is C#CCSc1nc(C)nc2sc(CC)cc12. The van der Waals surface area contributed by atoms with Gasteiger partial charge in [0, 0.05) is 10.3 Å². The number of nitrogens with zero attached hydrogens (tertiary/aromatic N) is 2. The van der Waals surface area contributed by atoms with Gasteiger partial charge in [-0.2, -0.15) is 0 Å². The summed E-state index contributed by atoms with van der Waals surface area (Å²) >= 11 is 3.35. The van der Waals surface area contributed by atoms with Crippen LogP contribution in [0, 0.1) is 19.3 Å². The van der Waals surface area contributed by atoms with Crippen LogP contribution in [0.15, 0.2) is 11.1 Å². The van der Waals surface area contributed by atoms with Gasteiger partial charge in [-0.25, -0.2) is 9.97 Å². The second-order valence-corrected chi connectivity index (χ2v) is 5.43. The molecule has 0 saturated carbocycles. The van der Waals surface area contributed by atoms with Gasteiger partial charge in [-0.05, 0) is 19.4 Å². The fraction of sp³-hybridized carbons (Fsp3) is 0.333. The van der Waals surface area contributed by atoms with E-state index in [4.69, 9.17) is 6.42 Å². The number of hydrogen-bond acceptors (Lipinski definition) is 4. The van der Waals surface area contributed by atoms with Gasteiger partial charge in [-0.1, -0.05) is 24.6 Å². The van der Waals surface area contributed by atoms with Gasteiger partial charge in [-0.15, -0.1) is 17.8 Å². The number of hydrogen-bond donors (Lipinski definition) is 0. The topological polar surface area (TPSA) is 25.8 Å². The predicted octanol–water partition coefficient (Wildman–Crippen LogP) is 3.29. The number of fused-ring (bicyclic) bond motifs is 1. The first-order valence-corrected chi connectivity index (χ1v) is 6.88. The van der Waals surface area contributed by atoms with Crippen molar-refractivity contribution in [1.82, 2.24) is 9.97 Å². The average Bonchev–Trinajstić information content (AvgIpc) is 2.68. The van der Waals surface area contributed by atoms with E-state index in [-0.39, 0.29) is 0 Å². The first kappa shape index (κ1) is 11.4. The largest absolute Gasteiger partial charge is 0.226 e. The quantitative estimate of drug-likeness (QED) is 0.473. The zero-order valence-corrected chi connectivity index (χ0v) is 10.9. The highest BCUT2D eigenvalue weighted by Gasteiger charge is 2.09. The molecule has 0 atom stereocenters. The van der Waals surface area contributed by atoms with Crippen molar-refractivity contribution in [3.63, 3.8) is 0 Å². The molecule has 0 bridgehead atoms. The first-order chi connectivity index (χ1) is 7.74. The molecule has 2 aromatic rings. The maximum Gasteiger partial charge on any atom is 0.128 e. The van der Waals surface area contributed by atoms with Crippen LogP contribution in [-0.2, 0) is 6.42 Å². The van der Waals surface area contributed by atoms with Crippen molar-refractivity contribution in [2.45, 2.75) is 25.3 Å². The Hall–Kier alpha value is -1.05. The Morgan fingerprint density at radius 1 is 1.50 bits per heavy atom. The van der Waals surface area contributed by atoms with Crippen molar-refractivity contribution in [2.75, 3.05) is 5.75 Å². The van der Waals surface area contributed by atoms with E-state index in [2.05, 4.69) is 28.9 Å². The van der Waals surface area contributed by atoms with Crippen LogP contribution in [0.4, 0.5) is 0 Å². The standard InChI is InChI=1S/C12H12N2S2/c1-4-6-15-11-10-7-9(5-2)16-12(10)14-8(3)13-11/h1,7H,5-6H2,2-3H3. The highest BCUT2D eigenvalue weighted by atomic mass is 32.2. The first-order valence-electron chi connectivity index (χ1n) is 5.08. The lowest BCUT2D eigenvalue weighted by molar-refractivity contribution is 1.02. The van der Waals surface area contributed by atoms with Crippen molar-refractivity contribution in [3.8, 4) is 12.3 Å². The van der Waals surface area contributed by atoms with E-state index in [0.717, 1.165) is 27.5 Å². The lowest BCUT2D eigenvalue weighted by atomic mass is 10.3. The number of terminal acetylenes is 1. The Morgan fingerprint density at radius 2 is 2.31 bits per heavy atom. The molecule has 0 unspecified atom stereocenters. The van der Waals surface area contributed by atoms with Crippen LogP contribution in [0.2, 0.25) is 0 Å². The van der Waals surface area contributed by atoms with Crippen LogP contribution in [0.3, 0.4) is 0 Å². The van der Waals surface area contributed by atoms with Crippen LogP contribution in [0.1, 0.15) is 17.6 Å². The second kappa shape index (κ2) is 4.86. The molecule has 0 aliphatic carbocycles. The molecule has 0 radical (unpaired) electrons. The Labute approximate surface area is 104 Å². The molecular weight excluding hydrogens is 236 g/mol. The Balaban J connectivity index is 2.53. The van der Waals surface area contributed by atoms with Crippen molar-refractivity contribution >= 4 is 33.3 Å². The molecule has 0 aromatic carbocycles. The summed E-state index contributed by atoms with van der Waals surface area (Å²) in [6.45, 7) is 4.07. The molecule has 0 amide bonds.